The third-order valence-corrected chi connectivity index (χ3v) is 2.24. The van der Waals surface area contributed by atoms with Gasteiger partial charge in [0.15, 0.2) is 11.5 Å². The highest BCUT2D eigenvalue weighted by molar-refractivity contribution is 5.90. The molecule has 0 spiro atoms. The van der Waals surface area contributed by atoms with Crippen molar-refractivity contribution in [1.29, 1.82) is 0 Å². The van der Waals surface area contributed by atoms with E-state index in [1.807, 2.05) is 0 Å². The van der Waals surface area contributed by atoms with E-state index < -0.39 is 17.4 Å². The van der Waals surface area contributed by atoms with Crippen molar-refractivity contribution in [2.45, 2.75) is 6.61 Å². The molecule has 0 saturated carbocycles. The van der Waals surface area contributed by atoms with Crippen molar-refractivity contribution in [2.75, 3.05) is 0 Å². The molecule has 98 valence electrons. The lowest BCUT2D eigenvalue weighted by Gasteiger charge is -2.05. The van der Waals surface area contributed by atoms with E-state index >= 15 is 0 Å². The number of aromatic nitrogens is 2. The number of benzene rings is 1. The van der Waals surface area contributed by atoms with Crippen LogP contribution in [0.5, 0.6) is 6.01 Å². The summed E-state index contributed by atoms with van der Waals surface area (Å²) in [6.45, 7) is 0.0596. The smallest absolute Gasteiger partial charge is 0.317 e. The average molecular weight is 265 g/mol. The van der Waals surface area contributed by atoms with E-state index in [1.54, 1.807) is 0 Å². The van der Waals surface area contributed by atoms with Crippen LogP contribution in [0.1, 0.15) is 16.1 Å². The van der Waals surface area contributed by atoms with Crippen LogP contribution in [-0.2, 0) is 6.61 Å². The van der Waals surface area contributed by atoms with Crippen LogP contribution in [0.15, 0.2) is 30.5 Å². The van der Waals surface area contributed by atoms with E-state index in [4.69, 9.17) is 10.5 Å². The maximum atomic E-state index is 13.1. The van der Waals surface area contributed by atoms with Crippen LogP contribution in [0.2, 0.25) is 0 Å². The van der Waals surface area contributed by atoms with Gasteiger partial charge in [-0.05, 0) is 17.7 Å². The number of amides is 1. The van der Waals surface area contributed by atoms with Gasteiger partial charge in [0.2, 0.25) is 0 Å². The van der Waals surface area contributed by atoms with Crippen molar-refractivity contribution < 1.29 is 18.3 Å². The molecule has 0 aliphatic carbocycles. The molecule has 0 fully saturated rings. The van der Waals surface area contributed by atoms with Crippen LogP contribution in [0.3, 0.4) is 0 Å². The summed E-state index contributed by atoms with van der Waals surface area (Å²) in [6.07, 6.45) is 0.799. The predicted molar refractivity (Wildman–Crippen MR) is 61.2 cm³/mol. The van der Waals surface area contributed by atoms with Gasteiger partial charge in [-0.25, -0.2) is 13.8 Å². The number of carbonyl (C=O) groups is 1. The Kier molecular flexibility index (Phi) is 3.65. The molecule has 0 unspecified atom stereocenters. The number of rotatable bonds is 4. The first kappa shape index (κ1) is 12.9. The fourth-order valence-electron chi connectivity index (χ4n) is 1.32. The molecule has 0 saturated heterocycles. The minimum atomic E-state index is -1.01. The van der Waals surface area contributed by atoms with E-state index in [-0.39, 0.29) is 18.4 Å². The van der Waals surface area contributed by atoms with Crippen LogP contribution in [0.25, 0.3) is 0 Å². The zero-order valence-electron chi connectivity index (χ0n) is 9.64. The van der Waals surface area contributed by atoms with E-state index in [0.717, 1.165) is 6.20 Å². The Bertz CT molecular complexity index is 602. The number of primary amides is 1. The first-order valence-electron chi connectivity index (χ1n) is 5.26. The maximum absolute atomic E-state index is 13.1. The predicted octanol–water partition coefficient (Wildman–Crippen LogP) is 1.43. The van der Waals surface area contributed by atoms with Crippen molar-refractivity contribution in [3.63, 3.8) is 0 Å². The quantitative estimate of drug-likeness (QED) is 0.907. The number of nitrogens with zero attached hydrogens (tertiary/aromatic N) is 2. The van der Waals surface area contributed by atoms with Crippen LogP contribution in [0.4, 0.5) is 8.78 Å². The summed E-state index contributed by atoms with van der Waals surface area (Å²) in [4.78, 5) is 18.0. The Morgan fingerprint density at radius 1 is 1.26 bits per heavy atom. The van der Waals surface area contributed by atoms with Gasteiger partial charge in [-0.1, -0.05) is 12.1 Å². The fourth-order valence-corrected chi connectivity index (χ4v) is 1.32. The monoisotopic (exact) mass is 265 g/mol. The second-order valence-electron chi connectivity index (χ2n) is 3.63. The zero-order chi connectivity index (χ0) is 13.8. The fraction of sp³-hybridized carbons (Fsp3) is 0.0833. The number of hydrogen-bond acceptors (Lipinski definition) is 4. The molecular formula is C12H9F2N3O2. The molecule has 1 heterocycles. The van der Waals surface area contributed by atoms with E-state index in [0.29, 0.717) is 5.56 Å². The molecule has 1 aromatic heterocycles. The number of halogens is 2. The lowest BCUT2D eigenvalue weighted by Crippen LogP contribution is -2.16. The molecule has 2 N–H and O–H groups in total. The van der Waals surface area contributed by atoms with Crippen molar-refractivity contribution >= 4 is 5.91 Å². The normalized spacial score (nSPS) is 10.2. The summed E-state index contributed by atoms with van der Waals surface area (Å²) >= 11 is 0. The largest absolute Gasteiger partial charge is 0.459 e. The third-order valence-electron chi connectivity index (χ3n) is 2.24. The number of carbonyl (C=O) groups excluding carboxylic acids is 1. The summed E-state index contributed by atoms with van der Waals surface area (Å²) < 4.78 is 30.9. The number of hydrogen-bond donors (Lipinski definition) is 1. The van der Waals surface area contributed by atoms with Crippen LogP contribution < -0.4 is 10.5 Å². The van der Waals surface area contributed by atoms with Gasteiger partial charge in [-0.3, -0.25) is 4.79 Å². The summed E-state index contributed by atoms with van der Waals surface area (Å²) in [6, 6.07) is 5.42. The first-order valence-corrected chi connectivity index (χ1v) is 5.26. The summed E-state index contributed by atoms with van der Waals surface area (Å²) in [7, 11) is 0. The minimum Gasteiger partial charge on any atom is -0.459 e. The van der Waals surface area contributed by atoms with Gasteiger partial charge >= 0.3 is 6.01 Å². The number of ether oxygens (including phenoxy) is 1. The van der Waals surface area contributed by atoms with Gasteiger partial charge in [0.1, 0.15) is 12.4 Å². The highest BCUT2D eigenvalue weighted by Crippen LogP contribution is 2.10. The molecule has 7 heteroatoms. The molecule has 0 radical (unpaired) electrons. The third kappa shape index (κ3) is 3.21. The molecule has 2 rings (SSSR count). The molecule has 5 nitrogen and oxygen atoms in total. The van der Waals surface area contributed by atoms with Gasteiger partial charge in [-0.15, -0.1) is 0 Å². The topological polar surface area (TPSA) is 78.1 Å². The molecule has 1 aromatic carbocycles. The summed E-state index contributed by atoms with van der Waals surface area (Å²) in [5.74, 6) is -2.29. The lowest BCUT2D eigenvalue weighted by molar-refractivity contribution is 0.0989. The zero-order valence-corrected chi connectivity index (χ0v) is 9.64. The van der Waals surface area contributed by atoms with Crippen molar-refractivity contribution in [3.8, 4) is 6.01 Å². The molecule has 1 amide bonds. The Labute approximate surface area is 107 Å². The summed E-state index contributed by atoms with van der Waals surface area (Å²) in [5.41, 5.74) is 5.08. The Morgan fingerprint density at radius 3 is 2.58 bits per heavy atom. The van der Waals surface area contributed by atoms with Crippen LogP contribution >= 0.6 is 0 Å². The van der Waals surface area contributed by atoms with Gasteiger partial charge < -0.3 is 10.5 Å². The first-order chi connectivity index (χ1) is 9.06. The van der Waals surface area contributed by atoms with E-state index in [2.05, 4.69) is 9.97 Å². The van der Waals surface area contributed by atoms with Crippen molar-refractivity contribution in [2.24, 2.45) is 5.73 Å². The number of nitrogens with two attached hydrogens (primary N) is 1. The van der Waals surface area contributed by atoms with Gasteiger partial charge in [0, 0.05) is 0 Å². The van der Waals surface area contributed by atoms with Crippen molar-refractivity contribution in [1.82, 2.24) is 9.97 Å². The van der Waals surface area contributed by atoms with Gasteiger partial charge in [-0.2, -0.15) is 4.98 Å². The van der Waals surface area contributed by atoms with Crippen LogP contribution in [-0.4, -0.2) is 15.9 Å². The van der Waals surface area contributed by atoms with E-state index in [9.17, 15) is 13.6 Å². The van der Waals surface area contributed by atoms with Crippen LogP contribution in [0, 0.1) is 11.6 Å². The molecule has 0 atom stereocenters. The molecular weight excluding hydrogens is 256 g/mol. The molecule has 0 bridgehead atoms. The second kappa shape index (κ2) is 5.38. The standard InChI is InChI=1S/C12H9F2N3O2/c13-8-3-1-7(2-4-8)6-19-12-16-5-9(14)10(17-12)11(15)18/h1-5H,6H2,(H2,15,18). The van der Waals surface area contributed by atoms with Gasteiger partial charge in [0.05, 0.1) is 6.20 Å². The highest BCUT2D eigenvalue weighted by Gasteiger charge is 2.12. The molecule has 19 heavy (non-hydrogen) atoms. The average Bonchev–Trinajstić information content (AvgIpc) is 2.39. The molecule has 0 aliphatic rings. The second-order valence-corrected chi connectivity index (χ2v) is 3.63. The van der Waals surface area contributed by atoms with Gasteiger partial charge in [0.25, 0.3) is 5.91 Å². The lowest BCUT2D eigenvalue weighted by atomic mass is 10.2. The summed E-state index contributed by atoms with van der Waals surface area (Å²) in [5, 5.41) is 0. The molecule has 2 aromatic rings. The Morgan fingerprint density at radius 2 is 1.95 bits per heavy atom. The Balaban J connectivity index is 2.09. The maximum Gasteiger partial charge on any atom is 0.317 e. The molecule has 0 aliphatic heterocycles. The van der Waals surface area contributed by atoms with E-state index in [1.165, 1.54) is 24.3 Å². The van der Waals surface area contributed by atoms with Crippen molar-refractivity contribution in [3.05, 3.63) is 53.4 Å². The highest BCUT2D eigenvalue weighted by atomic mass is 19.1. The SMILES string of the molecule is NC(=O)c1nc(OCc2ccc(F)cc2)ncc1F. The Hall–Kier alpha value is -2.57. The minimum absolute atomic E-state index is 0.0596.